The van der Waals surface area contributed by atoms with E-state index in [9.17, 15) is 0 Å². The Morgan fingerprint density at radius 1 is 0.500 bits per heavy atom. The van der Waals surface area contributed by atoms with E-state index >= 15 is 0 Å². The van der Waals surface area contributed by atoms with Gasteiger partial charge in [-0.3, -0.25) is 0 Å². The molecular formula is C19H13N5. The predicted molar refractivity (Wildman–Crippen MR) is 94.4 cm³/mol. The fraction of sp³-hybridized carbons (Fsp3) is 0. The Morgan fingerprint density at radius 3 is 1.50 bits per heavy atom. The molecule has 2 N–H and O–H groups in total. The minimum atomic E-state index is 0.758. The van der Waals surface area contributed by atoms with Crippen molar-refractivity contribution in [3.63, 3.8) is 0 Å². The molecule has 0 saturated heterocycles. The average molecular weight is 311 g/mol. The highest BCUT2D eigenvalue weighted by atomic mass is 15.0. The van der Waals surface area contributed by atoms with Crippen LogP contribution in [0.25, 0.3) is 45.1 Å². The Bertz CT molecular complexity index is 1010. The van der Waals surface area contributed by atoms with Gasteiger partial charge in [-0.1, -0.05) is 30.3 Å². The van der Waals surface area contributed by atoms with Crippen molar-refractivity contribution >= 4 is 22.1 Å². The van der Waals surface area contributed by atoms with Gasteiger partial charge in [0.2, 0.25) is 0 Å². The summed E-state index contributed by atoms with van der Waals surface area (Å²) in [6, 6.07) is 21.8. The SMILES string of the molecule is c1cc(-c2nc3ccccc3[nH]2)nc(-c2nc3ccccc3[nH]2)c1. The van der Waals surface area contributed by atoms with Gasteiger partial charge in [0.05, 0.1) is 22.1 Å². The van der Waals surface area contributed by atoms with Gasteiger partial charge in [0.15, 0.2) is 11.6 Å². The molecule has 0 spiro atoms. The lowest BCUT2D eigenvalue weighted by atomic mass is 10.3. The van der Waals surface area contributed by atoms with Crippen LogP contribution in [0.3, 0.4) is 0 Å². The second kappa shape index (κ2) is 5.03. The molecule has 0 unspecified atom stereocenters. The van der Waals surface area contributed by atoms with Crippen molar-refractivity contribution < 1.29 is 0 Å². The van der Waals surface area contributed by atoms with Crippen LogP contribution in [0.5, 0.6) is 0 Å². The predicted octanol–water partition coefficient (Wildman–Crippen LogP) is 4.17. The number of para-hydroxylation sites is 4. The minimum Gasteiger partial charge on any atom is -0.337 e. The van der Waals surface area contributed by atoms with Crippen LogP contribution in [0.2, 0.25) is 0 Å². The molecule has 0 aliphatic rings. The number of aromatic amines is 2. The van der Waals surface area contributed by atoms with Gasteiger partial charge in [-0.05, 0) is 36.4 Å². The molecule has 3 heterocycles. The average Bonchev–Trinajstić information content (AvgIpc) is 3.26. The van der Waals surface area contributed by atoms with E-state index in [0.29, 0.717) is 0 Å². The molecule has 2 aromatic carbocycles. The Morgan fingerprint density at radius 2 is 1.00 bits per heavy atom. The Kier molecular flexibility index (Phi) is 2.72. The summed E-state index contributed by atoms with van der Waals surface area (Å²) in [5.74, 6) is 1.52. The van der Waals surface area contributed by atoms with E-state index in [4.69, 9.17) is 4.98 Å². The van der Waals surface area contributed by atoms with Gasteiger partial charge >= 0.3 is 0 Å². The van der Waals surface area contributed by atoms with E-state index in [1.807, 2.05) is 66.7 Å². The number of H-pyrrole nitrogens is 2. The topological polar surface area (TPSA) is 70.2 Å². The lowest BCUT2D eigenvalue weighted by molar-refractivity contribution is 1.20. The molecule has 0 saturated carbocycles. The van der Waals surface area contributed by atoms with Crippen LogP contribution in [0, 0.1) is 0 Å². The molecule has 0 bridgehead atoms. The van der Waals surface area contributed by atoms with Crippen LogP contribution >= 0.6 is 0 Å². The fourth-order valence-electron chi connectivity index (χ4n) is 2.85. The smallest absolute Gasteiger partial charge is 0.157 e. The molecule has 0 fully saturated rings. The maximum absolute atomic E-state index is 4.72. The molecule has 5 heteroatoms. The first-order chi connectivity index (χ1) is 11.9. The van der Waals surface area contributed by atoms with Gasteiger partial charge in [-0.2, -0.15) is 0 Å². The van der Waals surface area contributed by atoms with Gasteiger partial charge in [0, 0.05) is 0 Å². The van der Waals surface area contributed by atoms with E-state index in [1.54, 1.807) is 0 Å². The molecule has 0 aliphatic carbocycles. The highest BCUT2D eigenvalue weighted by Gasteiger charge is 2.10. The molecule has 0 radical (unpaired) electrons. The van der Waals surface area contributed by atoms with Gasteiger partial charge < -0.3 is 9.97 Å². The van der Waals surface area contributed by atoms with Crippen LogP contribution in [-0.4, -0.2) is 24.9 Å². The van der Waals surface area contributed by atoms with Crippen molar-refractivity contribution in [1.29, 1.82) is 0 Å². The summed E-state index contributed by atoms with van der Waals surface area (Å²) >= 11 is 0. The third-order valence-corrected chi connectivity index (χ3v) is 4.01. The molecule has 5 aromatic rings. The van der Waals surface area contributed by atoms with E-state index < -0.39 is 0 Å². The Hall–Kier alpha value is -3.47. The van der Waals surface area contributed by atoms with Crippen LogP contribution in [0.15, 0.2) is 66.7 Å². The second-order valence-corrected chi connectivity index (χ2v) is 5.61. The van der Waals surface area contributed by atoms with E-state index in [0.717, 1.165) is 45.1 Å². The molecule has 5 nitrogen and oxygen atoms in total. The zero-order valence-electron chi connectivity index (χ0n) is 12.7. The van der Waals surface area contributed by atoms with Gasteiger partial charge in [-0.15, -0.1) is 0 Å². The van der Waals surface area contributed by atoms with Crippen molar-refractivity contribution in [3.05, 3.63) is 66.7 Å². The number of nitrogens with one attached hydrogen (secondary N) is 2. The number of aromatic nitrogens is 5. The first-order valence-electron chi connectivity index (χ1n) is 7.74. The largest absolute Gasteiger partial charge is 0.337 e. The molecule has 5 rings (SSSR count). The monoisotopic (exact) mass is 311 g/mol. The highest BCUT2D eigenvalue weighted by Crippen LogP contribution is 2.23. The molecule has 0 aliphatic heterocycles. The van der Waals surface area contributed by atoms with Crippen LogP contribution in [-0.2, 0) is 0 Å². The molecule has 3 aromatic heterocycles. The van der Waals surface area contributed by atoms with Gasteiger partial charge in [-0.25, -0.2) is 15.0 Å². The van der Waals surface area contributed by atoms with E-state index in [-0.39, 0.29) is 0 Å². The van der Waals surface area contributed by atoms with Crippen molar-refractivity contribution in [2.75, 3.05) is 0 Å². The lowest BCUT2D eigenvalue weighted by Gasteiger charge is -1.99. The van der Waals surface area contributed by atoms with Crippen molar-refractivity contribution in [2.24, 2.45) is 0 Å². The zero-order valence-corrected chi connectivity index (χ0v) is 12.7. The number of hydrogen-bond donors (Lipinski definition) is 2. The van der Waals surface area contributed by atoms with Gasteiger partial charge in [0.1, 0.15) is 11.4 Å². The van der Waals surface area contributed by atoms with Crippen molar-refractivity contribution in [3.8, 4) is 23.0 Å². The summed E-state index contributed by atoms with van der Waals surface area (Å²) in [4.78, 5) is 20.6. The van der Waals surface area contributed by atoms with Crippen molar-refractivity contribution in [1.82, 2.24) is 24.9 Å². The third-order valence-electron chi connectivity index (χ3n) is 4.01. The minimum absolute atomic E-state index is 0.758. The van der Waals surface area contributed by atoms with Crippen LogP contribution in [0.4, 0.5) is 0 Å². The maximum Gasteiger partial charge on any atom is 0.157 e. The quantitative estimate of drug-likeness (QED) is 0.514. The summed E-state index contributed by atoms with van der Waals surface area (Å²) in [5, 5.41) is 0. The second-order valence-electron chi connectivity index (χ2n) is 5.61. The standard InChI is InChI=1S/C19H13N5/c1-2-7-13-12(6-1)21-18(22-13)16-10-5-11-17(20-16)19-23-14-8-3-4-9-15(14)24-19/h1-11H,(H,21,22)(H,23,24). The summed E-state index contributed by atoms with van der Waals surface area (Å²) in [7, 11) is 0. The van der Waals surface area contributed by atoms with E-state index in [1.165, 1.54) is 0 Å². The van der Waals surface area contributed by atoms with Crippen molar-refractivity contribution in [2.45, 2.75) is 0 Å². The molecule has 0 atom stereocenters. The molecule has 114 valence electrons. The zero-order chi connectivity index (χ0) is 15.9. The fourth-order valence-corrected chi connectivity index (χ4v) is 2.85. The normalized spacial score (nSPS) is 11.3. The number of rotatable bonds is 2. The number of imidazole rings is 2. The Balaban J connectivity index is 1.62. The van der Waals surface area contributed by atoms with Crippen LogP contribution < -0.4 is 0 Å². The summed E-state index contributed by atoms with van der Waals surface area (Å²) in [5.41, 5.74) is 5.46. The van der Waals surface area contributed by atoms with E-state index in [2.05, 4.69) is 19.9 Å². The van der Waals surface area contributed by atoms with Crippen LogP contribution in [0.1, 0.15) is 0 Å². The number of benzene rings is 2. The first kappa shape index (κ1) is 13.0. The number of hydrogen-bond acceptors (Lipinski definition) is 3. The first-order valence-corrected chi connectivity index (χ1v) is 7.74. The summed E-state index contributed by atoms with van der Waals surface area (Å²) in [6.07, 6.45) is 0. The maximum atomic E-state index is 4.72. The highest BCUT2D eigenvalue weighted by molar-refractivity contribution is 5.80. The lowest BCUT2D eigenvalue weighted by Crippen LogP contribution is -1.90. The molecular weight excluding hydrogens is 298 g/mol. The number of fused-ring (bicyclic) bond motifs is 2. The molecule has 24 heavy (non-hydrogen) atoms. The third kappa shape index (κ3) is 2.06. The summed E-state index contributed by atoms with van der Waals surface area (Å²) < 4.78 is 0. The Labute approximate surface area is 137 Å². The van der Waals surface area contributed by atoms with Gasteiger partial charge in [0.25, 0.3) is 0 Å². The summed E-state index contributed by atoms with van der Waals surface area (Å²) in [6.45, 7) is 0. The molecule has 0 amide bonds. The number of pyridine rings is 1. The number of nitrogens with zero attached hydrogens (tertiary/aromatic N) is 3.